The van der Waals surface area contributed by atoms with Gasteiger partial charge in [-0.1, -0.05) is 0 Å². The second kappa shape index (κ2) is 5.80. The maximum Gasteiger partial charge on any atom is 0.234 e. The van der Waals surface area contributed by atoms with Gasteiger partial charge in [0.25, 0.3) is 0 Å². The normalized spacial score (nSPS) is 27.9. The van der Waals surface area contributed by atoms with Crippen LogP contribution in [0, 0.1) is 0 Å². The van der Waals surface area contributed by atoms with Crippen LogP contribution in [-0.2, 0) is 4.79 Å². The maximum absolute atomic E-state index is 11.1. The van der Waals surface area contributed by atoms with Crippen molar-refractivity contribution in [3.63, 3.8) is 0 Å². The summed E-state index contributed by atoms with van der Waals surface area (Å²) in [6.45, 7) is 5.73. The van der Waals surface area contributed by atoms with Crippen molar-refractivity contribution in [2.45, 2.75) is 31.3 Å². The summed E-state index contributed by atoms with van der Waals surface area (Å²) >= 11 is 0. The minimum Gasteiger partial charge on any atom is -0.368 e. The Morgan fingerprint density at radius 3 is 3.00 bits per heavy atom. The minimum atomic E-state index is -0.244. The molecule has 5 nitrogen and oxygen atoms in total. The van der Waals surface area contributed by atoms with Crippen LogP contribution in [0.1, 0.15) is 19.3 Å². The SMILES string of the molecule is CNC(CCN1CCN2CCCC2C1)C(N)=O. The number of hydrogen-bond donors (Lipinski definition) is 2. The van der Waals surface area contributed by atoms with Gasteiger partial charge in [0.05, 0.1) is 6.04 Å². The number of piperazine rings is 1. The molecule has 2 rings (SSSR count). The Bertz CT molecular complexity index is 271. The predicted octanol–water partition coefficient (Wildman–Crippen LogP) is -0.770. The third kappa shape index (κ3) is 3.18. The van der Waals surface area contributed by atoms with E-state index in [0.717, 1.165) is 32.1 Å². The van der Waals surface area contributed by atoms with Crippen LogP contribution < -0.4 is 11.1 Å². The lowest BCUT2D eigenvalue weighted by molar-refractivity contribution is -0.120. The van der Waals surface area contributed by atoms with Crippen molar-refractivity contribution in [2.75, 3.05) is 39.8 Å². The van der Waals surface area contributed by atoms with Crippen LogP contribution in [0.3, 0.4) is 0 Å². The fourth-order valence-electron chi connectivity index (χ4n) is 3.00. The number of nitrogens with two attached hydrogens (primary N) is 1. The van der Waals surface area contributed by atoms with Crippen LogP contribution in [0.15, 0.2) is 0 Å². The van der Waals surface area contributed by atoms with Crippen LogP contribution in [0.4, 0.5) is 0 Å². The van der Waals surface area contributed by atoms with Crippen molar-refractivity contribution >= 4 is 5.91 Å². The molecule has 0 saturated carbocycles. The van der Waals surface area contributed by atoms with Crippen molar-refractivity contribution in [1.82, 2.24) is 15.1 Å². The maximum atomic E-state index is 11.1. The van der Waals surface area contributed by atoms with Crippen LogP contribution in [0.5, 0.6) is 0 Å². The molecular formula is C12H24N4O. The molecule has 0 bridgehead atoms. The molecule has 1 amide bonds. The van der Waals surface area contributed by atoms with Crippen molar-refractivity contribution < 1.29 is 4.79 Å². The van der Waals surface area contributed by atoms with Crippen molar-refractivity contribution in [3.8, 4) is 0 Å². The number of nitrogens with zero attached hydrogens (tertiary/aromatic N) is 2. The van der Waals surface area contributed by atoms with Gasteiger partial charge in [-0.2, -0.15) is 0 Å². The first-order chi connectivity index (χ1) is 8.20. The Kier molecular flexibility index (Phi) is 4.36. The smallest absolute Gasteiger partial charge is 0.234 e. The molecule has 17 heavy (non-hydrogen) atoms. The Morgan fingerprint density at radius 1 is 1.47 bits per heavy atom. The molecule has 0 aromatic heterocycles. The molecule has 2 atom stereocenters. The van der Waals surface area contributed by atoms with E-state index in [1.54, 1.807) is 7.05 Å². The summed E-state index contributed by atoms with van der Waals surface area (Å²) in [5.41, 5.74) is 5.32. The van der Waals surface area contributed by atoms with E-state index in [4.69, 9.17) is 5.73 Å². The second-order valence-corrected chi connectivity index (χ2v) is 5.16. The summed E-state index contributed by atoms with van der Waals surface area (Å²) < 4.78 is 0. The zero-order chi connectivity index (χ0) is 12.3. The largest absolute Gasteiger partial charge is 0.368 e. The Labute approximate surface area is 103 Å². The standard InChI is InChI=1S/C12H24N4O/c1-14-11(12(13)17)4-6-15-7-8-16-5-2-3-10(16)9-15/h10-11,14H,2-9H2,1H3,(H2,13,17). The van der Waals surface area contributed by atoms with Crippen LogP contribution >= 0.6 is 0 Å². The molecule has 2 aliphatic heterocycles. The van der Waals surface area contributed by atoms with E-state index >= 15 is 0 Å². The number of carbonyl (C=O) groups is 1. The van der Waals surface area contributed by atoms with Gasteiger partial charge in [-0.3, -0.25) is 9.69 Å². The van der Waals surface area contributed by atoms with Crippen LogP contribution in [0.2, 0.25) is 0 Å². The third-order valence-electron chi connectivity index (χ3n) is 4.10. The van der Waals surface area contributed by atoms with E-state index in [2.05, 4.69) is 15.1 Å². The summed E-state index contributed by atoms with van der Waals surface area (Å²) in [5, 5.41) is 2.98. The summed E-state index contributed by atoms with van der Waals surface area (Å²) in [7, 11) is 1.80. The molecule has 2 aliphatic rings. The molecule has 2 fully saturated rings. The lowest BCUT2D eigenvalue weighted by atomic mass is 10.1. The van der Waals surface area contributed by atoms with Crippen molar-refractivity contribution in [3.05, 3.63) is 0 Å². The molecule has 98 valence electrons. The predicted molar refractivity (Wildman–Crippen MR) is 67.7 cm³/mol. The topological polar surface area (TPSA) is 61.6 Å². The number of hydrogen-bond acceptors (Lipinski definition) is 4. The summed E-state index contributed by atoms with van der Waals surface area (Å²) in [6, 6.07) is 0.571. The van der Waals surface area contributed by atoms with Crippen molar-refractivity contribution in [2.24, 2.45) is 5.73 Å². The third-order valence-corrected chi connectivity index (χ3v) is 4.10. The lowest BCUT2D eigenvalue weighted by Crippen LogP contribution is -2.51. The highest BCUT2D eigenvalue weighted by atomic mass is 16.1. The fraction of sp³-hybridized carbons (Fsp3) is 0.917. The van der Waals surface area contributed by atoms with Gasteiger partial charge in [-0.15, -0.1) is 0 Å². The van der Waals surface area contributed by atoms with E-state index in [1.165, 1.54) is 25.9 Å². The summed E-state index contributed by atoms with van der Waals surface area (Å²) in [6.07, 6.45) is 3.50. The molecule has 2 heterocycles. The van der Waals surface area contributed by atoms with E-state index in [9.17, 15) is 4.79 Å². The highest BCUT2D eigenvalue weighted by Crippen LogP contribution is 2.21. The van der Waals surface area contributed by atoms with E-state index in [0.29, 0.717) is 0 Å². The monoisotopic (exact) mass is 240 g/mol. The number of nitrogens with one attached hydrogen (secondary N) is 1. The number of fused-ring (bicyclic) bond motifs is 1. The molecule has 5 heteroatoms. The highest BCUT2D eigenvalue weighted by Gasteiger charge is 2.30. The quantitative estimate of drug-likeness (QED) is 0.662. The van der Waals surface area contributed by atoms with Gasteiger partial charge >= 0.3 is 0 Å². The Hall–Kier alpha value is -0.650. The van der Waals surface area contributed by atoms with Crippen molar-refractivity contribution in [1.29, 1.82) is 0 Å². The average molecular weight is 240 g/mol. The van der Waals surface area contributed by atoms with Gasteiger partial charge in [0.2, 0.25) is 5.91 Å². The first kappa shape index (κ1) is 12.8. The van der Waals surface area contributed by atoms with Gasteiger partial charge in [-0.25, -0.2) is 0 Å². The molecule has 0 aromatic carbocycles. The van der Waals surface area contributed by atoms with Gasteiger partial charge in [0, 0.05) is 32.2 Å². The number of likely N-dealkylation sites (N-methyl/N-ethyl adjacent to an activating group) is 1. The number of rotatable bonds is 5. The van der Waals surface area contributed by atoms with E-state index in [1.807, 2.05) is 0 Å². The molecule has 3 N–H and O–H groups in total. The summed E-state index contributed by atoms with van der Waals surface area (Å²) in [5.74, 6) is -0.244. The van der Waals surface area contributed by atoms with Gasteiger partial charge < -0.3 is 16.0 Å². The molecule has 0 radical (unpaired) electrons. The van der Waals surface area contributed by atoms with Gasteiger partial charge in [0.15, 0.2) is 0 Å². The first-order valence-corrected chi connectivity index (χ1v) is 6.63. The molecule has 2 saturated heterocycles. The Morgan fingerprint density at radius 2 is 2.29 bits per heavy atom. The second-order valence-electron chi connectivity index (χ2n) is 5.16. The van der Waals surface area contributed by atoms with Gasteiger partial charge in [0.1, 0.15) is 0 Å². The summed E-state index contributed by atoms with van der Waals surface area (Å²) in [4.78, 5) is 16.2. The average Bonchev–Trinajstić information content (AvgIpc) is 2.76. The fourth-order valence-corrected chi connectivity index (χ4v) is 3.00. The lowest BCUT2D eigenvalue weighted by Gasteiger charge is -2.37. The van der Waals surface area contributed by atoms with E-state index < -0.39 is 0 Å². The zero-order valence-electron chi connectivity index (χ0n) is 10.7. The first-order valence-electron chi connectivity index (χ1n) is 6.63. The molecule has 0 aliphatic carbocycles. The highest BCUT2D eigenvalue weighted by molar-refractivity contribution is 5.79. The molecule has 2 unspecified atom stereocenters. The Balaban J connectivity index is 1.74. The molecule has 0 aromatic rings. The molecule has 0 spiro atoms. The number of primary amides is 1. The van der Waals surface area contributed by atoms with Gasteiger partial charge in [-0.05, 0) is 32.9 Å². The number of carbonyl (C=O) groups excluding carboxylic acids is 1. The minimum absolute atomic E-state index is 0.184. The van der Waals surface area contributed by atoms with E-state index in [-0.39, 0.29) is 11.9 Å². The van der Waals surface area contributed by atoms with Crippen LogP contribution in [-0.4, -0.2) is 67.6 Å². The zero-order valence-corrected chi connectivity index (χ0v) is 10.7. The van der Waals surface area contributed by atoms with Crippen LogP contribution in [0.25, 0.3) is 0 Å². The number of amides is 1. The molecular weight excluding hydrogens is 216 g/mol.